The van der Waals surface area contributed by atoms with E-state index in [1.54, 1.807) is 6.92 Å². The number of hydrogen-bond acceptors (Lipinski definition) is 0. The van der Waals surface area contributed by atoms with Gasteiger partial charge in [0.25, 0.3) is 0 Å². The van der Waals surface area contributed by atoms with Gasteiger partial charge < -0.3 is 0 Å². The summed E-state index contributed by atoms with van der Waals surface area (Å²) < 4.78 is 13.0. The van der Waals surface area contributed by atoms with Crippen LogP contribution in [0.5, 0.6) is 0 Å². The highest BCUT2D eigenvalue weighted by Gasteiger charge is 2.04. The van der Waals surface area contributed by atoms with Crippen molar-refractivity contribution < 1.29 is 4.39 Å². The Kier molecular flexibility index (Phi) is 3.52. The van der Waals surface area contributed by atoms with Gasteiger partial charge in [-0.15, -0.1) is 5.92 Å². The van der Waals surface area contributed by atoms with E-state index < -0.39 is 0 Å². The zero-order valence-electron chi connectivity index (χ0n) is 7.97. The largest absolute Gasteiger partial charge is 0.207 e. The molecule has 0 aromatic heterocycles. The molecule has 0 aromatic carbocycles. The smallest absolute Gasteiger partial charge is 0.120 e. The van der Waals surface area contributed by atoms with Crippen LogP contribution in [0.2, 0.25) is 0 Å². The molecule has 1 unspecified atom stereocenters. The molecule has 1 heteroatoms. The first-order chi connectivity index (χ1) is 6.26. The fraction of sp³-hybridized carbons (Fsp3) is 0.333. The molecule has 0 radical (unpaired) electrons. The fourth-order valence-corrected chi connectivity index (χ4v) is 1.23. The van der Waals surface area contributed by atoms with Gasteiger partial charge >= 0.3 is 0 Å². The summed E-state index contributed by atoms with van der Waals surface area (Å²) in [5, 5.41) is 0. The predicted molar refractivity (Wildman–Crippen MR) is 53.6 cm³/mol. The second-order valence-electron chi connectivity index (χ2n) is 2.90. The van der Waals surface area contributed by atoms with E-state index in [0.717, 1.165) is 12.0 Å². The van der Waals surface area contributed by atoms with Crippen LogP contribution >= 0.6 is 0 Å². The zero-order valence-corrected chi connectivity index (χ0v) is 7.97. The molecule has 0 amide bonds. The maximum Gasteiger partial charge on any atom is 0.120 e. The lowest BCUT2D eigenvalue weighted by atomic mass is 10.1. The number of halogens is 1. The Labute approximate surface area is 78.8 Å². The van der Waals surface area contributed by atoms with Gasteiger partial charge in [0.1, 0.15) is 5.83 Å². The molecule has 68 valence electrons. The summed E-state index contributed by atoms with van der Waals surface area (Å²) in [6.45, 7) is 3.82. The highest BCUT2D eigenvalue weighted by atomic mass is 19.1. The Hall–Kier alpha value is -1.29. The molecule has 0 heterocycles. The Balaban J connectivity index is 2.94. The van der Waals surface area contributed by atoms with Crippen molar-refractivity contribution in [3.8, 4) is 11.8 Å². The van der Waals surface area contributed by atoms with Gasteiger partial charge in [0.05, 0.1) is 5.92 Å². The van der Waals surface area contributed by atoms with Crippen molar-refractivity contribution in [3.63, 3.8) is 0 Å². The topological polar surface area (TPSA) is 0 Å². The van der Waals surface area contributed by atoms with E-state index >= 15 is 0 Å². The third-order valence-corrected chi connectivity index (χ3v) is 1.91. The molecule has 1 aliphatic rings. The lowest BCUT2D eigenvalue weighted by Crippen LogP contribution is -1.88. The van der Waals surface area contributed by atoms with Gasteiger partial charge in [0.15, 0.2) is 0 Å². The van der Waals surface area contributed by atoms with Crippen molar-refractivity contribution in [2.24, 2.45) is 5.92 Å². The maximum absolute atomic E-state index is 13.0. The first kappa shape index (κ1) is 9.80. The molecule has 0 fully saturated rings. The third-order valence-electron chi connectivity index (χ3n) is 1.91. The third kappa shape index (κ3) is 2.91. The van der Waals surface area contributed by atoms with Crippen LogP contribution in [-0.4, -0.2) is 0 Å². The van der Waals surface area contributed by atoms with E-state index in [9.17, 15) is 4.39 Å². The molecule has 1 atom stereocenters. The van der Waals surface area contributed by atoms with Gasteiger partial charge in [-0.05, 0) is 25.5 Å². The molecule has 0 bridgehead atoms. The zero-order chi connectivity index (χ0) is 9.68. The van der Waals surface area contributed by atoms with Crippen molar-refractivity contribution >= 4 is 0 Å². The fourth-order valence-electron chi connectivity index (χ4n) is 1.23. The predicted octanol–water partition coefficient (Wildman–Crippen LogP) is 3.39. The van der Waals surface area contributed by atoms with Crippen LogP contribution in [-0.2, 0) is 0 Å². The molecule has 1 aliphatic carbocycles. The summed E-state index contributed by atoms with van der Waals surface area (Å²) in [6.07, 6.45) is 7.75. The van der Waals surface area contributed by atoms with Gasteiger partial charge in [-0.2, -0.15) is 0 Å². The average molecular weight is 176 g/mol. The van der Waals surface area contributed by atoms with E-state index in [0.29, 0.717) is 0 Å². The summed E-state index contributed by atoms with van der Waals surface area (Å²) in [5.74, 6) is 5.46. The molecule has 0 saturated carbocycles. The second kappa shape index (κ2) is 4.67. The van der Waals surface area contributed by atoms with Crippen molar-refractivity contribution in [2.75, 3.05) is 0 Å². The molecule has 0 nitrogen and oxygen atoms in total. The number of hydrogen-bond donors (Lipinski definition) is 0. The molecular formula is C12H13F. The van der Waals surface area contributed by atoms with Crippen LogP contribution in [0.3, 0.4) is 0 Å². The number of allylic oxidation sites excluding steroid dienone is 6. The summed E-state index contributed by atoms with van der Waals surface area (Å²) >= 11 is 0. The molecule has 0 aromatic rings. The standard InChI is InChI=1S/C12H13F/c1-3-5-11-8-10(4-2)6-7-12(13)9-11/h6-9,11H,4H2,1-2H3. The minimum absolute atomic E-state index is 0.0741. The summed E-state index contributed by atoms with van der Waals surface area (Å²) in [4.78, 5) is 0. The quantitative estimate of drug-likeness (QED) is 0.537. The van der Waals surface area contributed by atoms with E-state index in [-0.39, 0.29) is 11.7 Å². The highest BCUT2D eigenvalue weighted by Crippen LogP contribution is 2.17. The molecule has 0 aliphatic heterocycles. The Morgan fingerprint density at radius 1 is 1.38 bits per heavy atom. The summed E-state index contributed by atoms with van der Waals surface area (Å²) in [7, 11) is 0. The van der Waals surface area contributed by atoms with Crippen LogP contribution in [0, 0.1) is 17.8 Å². The lowest BCUT2D eigenvalue weighted by Gasteiger charge is -1.98. The Bertz CT molecular complexity index is 321. The first-order valence-electron chi connectivity index (χ1n) is 4.44. The van der Waals surface area contributed by atoms with Gasteiger partial charge in [-0.3, -0.25) is 0 Å². The molecule has 0 N–H and O–H groups in total. The molecular weight excluding hydrogens is 163 g/mol. The number of rotatable bonds is 1. The minimum Gasteiger partial charge on any atom is -0.207 e. The molecule has 0 spiro atoms. The van der Waals surface area contributed by atoms with E-state index in [2.05, 4.69) is 18.8 Å². The normalized spacial score (nSPS) is 21.0. The summed E-state index contributed by atoms with van der Waals surface area (Å²) in [5.41, 5.74) is 1.14. The van der Waals surface area contributed by atoms with E-state index in [1.807, 2.05) is 12.2 Å². The van der Waals surface area contributed by atoms with Crippen LogP contribution in [0.25, 0.3) is 0 Å². The highest BCUT2D eigenvalue weighted by molar-refractivity contribution is 5.34. The second-order valence-corrected chi connectivity index (χ2v) is 2.90. The minimum atomic E-state index is -0.201. The monoisotopic (exact) mass is 176 g/mol. The molecule has 1 rings (SSSR count). The molecule has 0 saturated heterocycles. The van der Waals surface area contributed by atoms with Gasteiger partial charge in [-0.1, -0.05) is 30.6 Å². The maximum atomic E-state index is 13.0. The van der Waals surface area contributed by atoms with Crippen LogP contribution in [0.4, 0.5) is 4.39 Å². The lowest BCUT2D eigenvalue weighted by molar-refractivity contribution is 0.659. The van der Waals surface area contributed by atoms with E-state index in [1.165, 1.54) is 12.2 Å². The van der Waals surface area contributed by atoms with Crippen molar-refractivity contribution in [1.82, 2.24) is 0 Å². The van der Waals surface area contributed by atoms with Gasteiger partial charge in [-0.25, -0.2) is 4.39 Å². The Morgan fingerprint density at radius 2 is 2.15 bits per heavy atom. The Morgan fingerprint density at radius 3 is 2.77 bits per heavy atom. The van der Waals surface area contributed by atoms with Crippen molar-refractivity contribution in [3.05, 3.63) is 35.7 Å². The van der Waals surface area contributed by atoms with Crippen LogP contribution in [0.1, 0.15) is 20.3 Å². The van der Waals surface area contributed by atoms with Gasteiger partial charge in [0, 0.05) is 0 Å². The van der Waals surface area contributed by atoms with Gasteiger partial charge in [0.2, 0.25) is 0 Å². The van der Waals surface area contributed by atoms with E-state index in [4.69, 9.17) is 0 Å². The first-order valence-corrected chi connectivity index (χ1v) is 4.44. The van der Waals surface area contributed by atoms with Crippen LogP contribution in [0.15, 0.2) is 35.7 Å². The van der Waals surface area contributed by atoms with Crippen molar-refractivity contribution in [2.45, 2.75) is 20.3 Å². The summed E-state index contributed by atoms with van der Waals surface area (Å²) in [6, 6.07) is 0. The molecule has 13 heavy (non-hydrogen) atoms. The van der Waals surface area contributed by atoms with Crippen LogP contribution < -0.4 is 0 Å². The SMILES string of the molecule is CC#CC1C=C(F)C=CC(CC)=C1. The van der Waals surface area contributed by atoms with Crippen molar-refractivity contribution in [1.29, 1.82) is 0 Å². The average Bonchev–Trinajstić information content (AvgIpc) is 2.28.